The summed E-state index contributed by atoms with van der Waals surface area (Å²) in [5.74, 6) is 1.50. The molecular formula is C15H28N2S. The summed E-state index contributed by atoms with van der Waals surface area (Å²) in [5, 5.41) is 8.01. The Morgan fingerprint density at radius 2 is 1.44 bits per heavy atom. The quantitative estimate of drug-likeness (QED) is 0.748. The molecule has 2 aliphatic carbocycles. The van der Waals surface area contributed by atoms with Gasteiger partial charge in [0.1, 0.15) is 0 Å². The Kier molecular flexibility index (Phi) is 5.28. The van der Waals surface area contributed by atoms with Gasteiger partial charge in [-0.15, -0.1) is 0 Å². The minimum Gasteiger partial charge on any atom is -0.360 e. The standard InChI is InChI=1S/C15H28N2S/c1-11-7-6-8-12(2)14(11)17-15(18)16-13-9-4-3-5-10-13/h11-14H,3-10H2,1-2H3,(H2,16,17,18). The van der Waals surface area contributed by atoms with Crippen LogP contribution in [-0.2, 0) is 0 Å². The van der Waals surface area contributed by atoms with Crippen molar-refractivity contribution in [2.75, 3.05) is 0 Å². The molecule has 2 N–H and O–H groups in total. The molecule has 2 unspecified atom stereocenters. The molecule has 0 aromatic heterocycles. The second-order valence-corrected chi connectivity index (χ2v) is 6.77. The average Bonchev–Trinajstić information content (AvgIpc) is 2.35. The van der Waals surface area contributed by atoms with E-state index in [-0.39, 0.29) is 0 Å². The highest BCUT2D eigenvalue weighted by molar-refractivity contribution is 7.80. The molecule has 0 amide bonds. The van der Waals surface area contributed by atoms with Gasteiger partial charge in [0.2, 0.25) is 0 Å². The number of rotatable bonds is 2. The summed E-state index contributed by atoms with van der Waals surface area (Å²) < 4.78 is 0. The molecule has 18 heavy (non-hydrogen) atoms. The van der Waals surface area contributed by atoms with Crippen LogP contribution in [0.3, 0.4) is 0 Å². The maximum Gasteiger partial charge on any atom is 0.166 e. The van der Waals surface area contributed by atoms with Crippen LogP contribution in [0.2, 0.25) is 0 Å². The van der Waals surface area contributed by atoms with Crippen molar-refractivity contribution in [2.24, 2.45) is 11.8 Å². The molecule has 2 atom stereocenters. The molecule has 0 heterocycles. The van der Waals surface area contributed by atoms with Crippen LogP contribution in [0.4, 0.5) is 0 Å². The predicted octanol–water partition coefficient (Wildman–Crippen LogP) is 3.61. The van der Waals surface area contributed by atoms with Crippen LogP contribution >= 0.6 is 12.2 Å². The second kappa shape index (κ2) is 6.74. The van der Waals surface area contributed by atoms with Gasteiger partial charge < -0.3 is 10.6 Å². The molecule has 0 radical (unpaired) electrons. The van der Waals surface area contributed by atoms with Crippen LogP contribution in [0.25, 0.3) is 0 Å². The zero-order chi connectivity index (χ0) is 13.0. The Balaban J connectivity index is 1.78. The third kappa shape index (κ3) is 3.84. The summed E-state index contributed by atoms with van der Waals surface area (Å²) in [6.45, 7) is 4.72. The Morgan fingerprint density at radius 3 is 2.06 bits per heavy atom. The molecule has 0 aromatic carbocycles. The van der Waals surface area contributed by atoms with Crippen molar-refractivity contribution < 1.29 is 0 Å². The second-order valence-electron chi connectivity index (χ2n) is 6.36. The van der Waals surface area contributed by atoms with Crippen molar-refractivity contribution in [3.05, 3.63) is 0 Å². The molecule has 0 aromatic rings. The van der Waals surface area contributed by atoms with E-state index in [1.54, 1.807) is 0 Å². The van der Waals surface area contributed by atoms with Gasteiger partial charge in [0.25, 0.3) is 0 Å². The Morgan fingerprint density at radius 1 is 0.833 bits per heavy atom. The van der Waals surface area contributed by atoms with Crippen LogP contribution in [0.1, 0.15) is 65.2 Å². The molecule has 0 saturated heterocycles. The van der Waals surface area contributed by atoms with Crippen molar-refractivity contribution >= 4 is 17.3 Å². The summed E-state index contributed by atoms with van der Waals surface area (Å²) in [5.41, 5.74) is 0. The van der Waals surface area contributed by atoms with Gasteiger partial charge in [-0.2, -0.15) is 0 Å². The van der Waals surface area contributed by atoms with Crippen LogP contribution < -0.4 is 10.6 Å². The fourth-order valence-corrected chi connectivity index (χ4v) is 3.89. The van der Waals surface area contributed by atoms with Gasteiger partial charge in [-0.05, 0) is 49.7 Å². The molecule has 0 aliphatic heterocycles. The molecule has 3 heteroatoms. The van der Waals surface area contributed by atoms with Crippen LogP contribution in [0, 0.1) is 11.8 Å². The maximum absolute atomic E-state index is 5.50. The molecule has 2 fully saturated rings. The highest BCUT2D eigenvalue weighted by atomic mass is 32.1. The zero-order valence-corrected chi connectivity index (χ0v) is 12.7. The molecular weight excluding hydrogens is 240 g/mol. The van der Waals surface area contributed by atoms with E-state index in [1.165, 1.54) is 51.4 Å². The monoisotopic (exact) mass is 268 g/mol. The van der Waals surface area contributed by atoms with E-state index < -0.39 is 0 Å². The van der Waals surface area contributed by atoms with E-state index in [1.807, 2.05) is 0 Å². The minimum atomic E-state index is 0.572. The van der Waals surface area contributed by atoms with Gasteiger partial charge in [0, 0.05) is 12.1 Å². The van der Waals surface area contributed by atoms with E-state index in [0.29, 0.717) is 12.1 Å². The number of nitrogens with one attached hydrogen (secondary N) is 2. The Labute approximate surface area is 117 Å². The van der Waals surface area contributed by atoms with Crippen molar-refractivity contribution in [3.8, 4) is 0 Å². The van der Waals surface area contributed by atoms with E-state index in [4.69, 9.17) is 12.2 Å². The fraction of sp³-hybridized carbons (Fsp3) is 0.933. The van der Waals surface area contributed by atoms with Gasteiger partial charge in [-0.1, -0.05) is 39.5 Å². The summed E-state index contributed by atoms with van der Waals surface area (Å²) in [6.07, 6.45) is 10.8. The summed E-state index contributed by atoms with van der Waals surface area (Å²) in [4.78, 5) is 0. The minimum absolute atomic E-state index is 0.572. The topological polar surface area (TPSA) is 24.1 Å². The van der Waals surface area contributed by atoms with Crippen molar-refractivity contribution in [3.63, 3.8) is 0 Å². The van der Waals surface area contributed by atoms with E-state index >= 15 is 0 Å². The van der Waals surface area contributed by atoms with Gasteiger partial charge in [0.05, 0.1) is 0 Å². The van der Waals surface area contributed by atoms with E-state index in [2.05, 4.69) is 24.5 Å². The maximum atomic E-state index is 5.50. The predicted molar refractivity (Wildman–Crippen MR) is 81.7 cm³/mol. The van der Waals surface area contributed by atoms with Crippen LogP contribution in [-0.4, -0.2) is 17.2 Å². The number of hydrogen-bond donors (Lipinski definition) is 2. The van der Waals surface area contributed by atoms with Gasteiger partial charge >= 0.3 is 0 Å². The van der Waals surface area contributed by atoms with Gasteiger partial charge in [0.15, 0.2) is 5.11 Å². The van der Waals surface area contributed by atoms with Crippen molar-refractivity contribution in [1.82, 2.24) is 10.6 Å². The van der Waals surface area contributed by atoms with Crippen LogP contribution in [0.15, 0.2) is 0 Å². The first-order chi connectivity index (χ1) is 8.66. The third-order valence-corrected chi connectivity index (χ3v) is 5.02. The molecule has 0 spiro atoms. The summed E-state index contributed by atoms with van der Waals surface area (Å²) >= 11 is 5.50. The molecule has 2 rings (SSSR count). The molecule has 2 nitrogen and oxygen atoms in total. The van der Waals surface area contributed by atoms with E-state index in [9.17, 15) is 0 Å². The third-order valence-electron chi connectivity index (χ3n) is 4.78. The normalized spacial score (nSPS) is 34.0. The lowest BCUT2D eigenvalue weighted by atomic mass is 9.79. The Hall–Kier alpha value is -0.310. The van der Waals surface area contributed by atoms with Crippen molar-refractivity contribution in [2.45, 2.75) is 77.3 Å². The first-order valence-electron chi connectivity index (χ1n) is 7.74. The summed E-state index contributed by atoms with van der Waals surface area (Å²) in [7, 11) is 0. The van der Waals surface area contributed by atoms with Crippen LogP contribution in [0.5, 0.6) is 0 Å². The van der Waals surface area contributed by atoms with E-state index in [0.717, 1.165) is 16.9 Å². The molecule has 0 bridgehead atoms. The largest absolute Gasteiger partial charge is 0.360 e. The first kappa shape index (κ1) is 14.1. The molecule has 2 aliphatic rings. The molecule has 2 saturated carbocycles. The van der Waals surface area contributed by atoms with Crippen molar-refractivity contribution in [1.29, 1.82) is 0 Å². The lowest BCUT2D eigenvalue weighted by molar-refractivity contribution is 0.230. The summed E-state index contributed by atoms with van der Waals surface area (Å²) in [6, 6.07) is 1.19. The lowest BCUT2D eigenvalue weighted by Gasteiger charge is -2.36. The smallest absolute Gasteiger partial charge is 0.166 e. The average molecular weight is 268 g/mol. The SMILES string of the molecule is CC1CCCC(C)C1NC(=S)NC1CCCCC1. The van der Waals surface area contributed by atoms with Gasteiger partial charge in [-0.25, -0.2) is 0 Å². The molecule has 104 valence electrons. The lowest BCUT2D eigenvalue weighted by Crippen LogP contribution is -2.51. The Bertz CT molecular complexity index is 264. The number of thiocarbonyl (C=S) groups is 1. The number of hydrogen-bond acceptors (Lipinski definition) is 1. The highest BCUT2D eigenvalue weighted by Crippen LogP contribution is 2.28. The zero-order valence-electron chi connectivity index (χ0n) is 11.9. The first-order valence-corrected chi connectivity index (χ1v) is 8.14. The highest BCUT2D eigenvalue weighted by Gasteiger charge is 2.28. The van der Waals surface area contributed by atoms with Gasteiger partial charge in [-0.3, -0.25) is 0 Å². The fourth-order valence-electron chi connectivity index (χ4n) is 3.59.